The standard InChI is InChI=1S/C28H26/c1-5-13-21-20(8-4)24(14-6-2)28(25(21)15-7-3)26-18-11-9-16-22(26)23-17-10-12-19-27(23)28/h5-19H,4H2,1-3H3/b13-5-,14-6-,15-7-. The molecule has 1 spiro atoms. The van der Waals surface area contributed by atoms with Crippen molar-refractivity contribution in [2.24, 2.45) is 0 Å². The average molecular weight is 363 g/mol. The number of rotatable bonds is 4. The minimum Gasteiger partial charge on any atom is -0.0984 e. The van der Waals surface area contributed by atoms with Gasteiger partial charge in [-0.1, -0.05) is 97.6 Å². The number of allylic oxidation sites excluding steroid dienone is 11. The molecule has 0 saturated carbocycles. The minimum atomic E-state index is -0.301. The van der Waals surface area contributed by atoms with Gasteiger partial charge in [0.25, 0.3) is 0 Å². The lowest BCUT2D eigenvalue weighted by atomic mass is 9.68. The molecule has 138 valence electrons. The van der Waals surface area contributed by atoms with Crippen LogP contribution in [0, 0.1) is 0 Å². The molecule has 0 fully saturated rings. The third-order valence-corrected chi connectivity index (χ3v) is 5.83. The summed E-state index contributed by atoms with van der Waals surface area (Å²) >= 11 is 0. The summed E-state index contributed by atoms with van der Waals surface area (Å²) in [6.07, 6.45) is 15.2. The molecule has 2 aromatic carbocycles. The Morgan fingerprint density at radius 3 is 1.57 bits per heavy atom. The van der Waals surface area contributed by atoms with Gasteiger partial charge < -0.3 is 0 Å². The molecule has 28 heavy (non-hydrogen) atoms. The molecule has 0 heterocycles. The molecule has 2 aromatic rings. The number of hydrogen-bond acceptors (Lipinski definition) is 0. The zero-order valence-electron chi connectivity index (χ0n) is 16.9. The van der Waals surface area contributed by atoms with Crippen molar-refractivity contribution in [2.45, 2.75) is 26.2 Å². The van der Waals surface area contributed by atoms with Gasteiger partial charge in [0, 0.05) is 0 Å². The van der Waals surface area contributed by atoms with Gasteiger partial charge in [-0.2, -0.15) is 0 Å². The molecule has 2 aliphatic rings. The van der Waals surface area contributed by atoms with Crippen molar-refractivity contribution in [3.63, 3.8) is 0 Å². The van der Waals surface area contributed by atoms with Crippen molar-refractivity contribution in [1.82, 2.24) is 0 Å². The second-order valence-electron chi connectivity index (χ2n) is 7.20. The van der Waals surface area contributed by atoms with Gasteiger partial charge in [-0.15, -0.1) is 0 Å². The Labute approximate surface area is 168 Å². The lowest BCUT2D eigenvalue weighted by Crippen LogP contribution is -2.27. The van der Waals surface area contributed by atoms with Gasteiger partial charge >= 0.3 is 0 Å². The fourth-order valence-electron chi connectivity index (χ4n) is 4.98. The van der Waals surface area contributed by atoms with Crippen LogP contribution in [0.3, 0.4) is 0 Å². The lowest BCUT2D eigenvalue weighted by Gasteiger charge is -2.32. The quantitative estimate of drug-likeness (QED) is 0.529. The Morgan fingerprint density at radius 1 is 0.643 bits per heavy atom. The SMILES string of the molecule is C=CC1=C(/C=C\C)C2(C(/C=C\C)=C1/C=C\C)c1ccccc1-c1ccccc12. The van der Waals surface area contributed by atoms with E-state index in [0.29, 0.717) is 0 Å². The van der Waals surface area contributed by atoms with E-state index in [1.807, 2.05) is 6.08 Å². The number of fused-ring (bicyclic) bond motifs is 5. The van der Waals surface area contributed by atoms with E-state index in [1.165, 1.54) is 44.5 Å². The van der Waals surface area contributed by atoms with Crippen LogP contribution in [0.15, 0.2) is 120 Å². The van der Waals surface area contributed by atoms with Crippen LogP contribution in [0.1, 0.15) is 31.9 Å². The first kappa shape index (κ1) is 18.3. The molecule has 0 amide bonds. The predicted octanol–water partition coefficient (Wildman–Crippen LogP) is 7.47. The van der Waals surface area contributed by atoms with E-state index in [0.717, 1.165) is 0 Å². The molecule has 2 aliphatic carbocycles. The Bertz CT molecular complexity index is 1050. The van der Waals surface area contributed by atoms with Gasteiger partial charge in [0.15, 0.2) is 0 Å². The number of benzene rings is 2. The van der Waals surface area contributed by atoms with Crippen molar-refractivity contribution in [1.29, 1.82) is 0 Å². The van der Waals surface area contributed by atoms with Crippen LogP contribution < -0.4 is 0 Å². The summed E-state index contributed by atoms with van der Waals surface area (Å²) in [7, 11) is 0. The highest BCUT2D eigenvalue weighted by Crippen LogP contribution is 2.62. The molecule has 0 aliphatic heterocycles. The van der Waals surface area contributed by atoms with Crippen molar-refractivity contribution >= 4 is 0 Å². The second-order valence-corrected chi connectivity index (χ2v) is 7.20. The first-order chi connectivity index (χ1) is 13.7. The maximum atomic E-state index is 4.18. The highest BCUT2D eigenvalue weighted by atomic mass is 14.5. The van der Waals surface area contributed by atoms with E-state index in [-0.39, 0.29) is 5.41 Å². The van der Waals surface area contributed by atoms with E-state index in [2.05, 4.69) is 112 Å². The highest BCUT2D eigenvalue weighted by Gasteiger charge is 2.51. The first-order valence-corrected chi connectivity index (χ1v) is 9.95. The van der Waals surface area contributed by atoms with Gasteiger partial charge in [0.1, 0.15) is 0 Å². The molecule has 0 unspecified atom stereocenters. The summed E-state index contributed by atoms with van der Waals surface area (Å²) < 4.78 is 0. The Kier molecular flexibility index (Phi) is 4.65. The van der Waals surface area contributed by atoms with Gasteiger partial charge in [0.05, 0.1) is 5.41 Å². The minimum absolute atomic E-state index is 0.301. The van der Waals surface area contributed by atoms with Crippen LogP contribution in [-0.2, 0) is 5.41 Å². The highest BCUT2D eigenvalue weighted by molar-refractivity contribution is 5.90. The molecule has 0 atom stereocenters. The largest absolute Gasteiger partial charge is 0.0984 e. The molecule has 0 aromatic heterocycles. The van der Waals surface area contributed by atoms with Gasteiger partial charge in [-0.05, 0) is 65.3 Å². The fraction of sp³-hybridized carbons (Fsp3) is 0.143. The number of hydrogen-bond donors (Lipinski definition) is 0. The van der Waals surface area contributed by atoms with E-state index in [1.54, 1.807) is 0 Å². The van der Waals surface area contributed by atoms with Gasteiger partial charge in [-0.3, -0.25) is 0 Å². The van der Waals surface area contributed by atoms with Crippen LogP contribution in [-0.4, -0.2) is 0 Å². The molecule has 0 bridgehead atoms. The Morgan fingerprint density at radius 2 is 1.11 bits per heavy atom. The summed E-state index contributed by atoms with van der Waals surface area (Å²) in [6, 6.07) is 17.7. The van der Waals surface area contributed by atoms with Crippen LogP contribution in [0.4, 0.5) is 0 Å². The van der Waals surface area contributed by atoms with Crippen molar-refractivity contribution in [3.8, 4) is 11.1 Å². The van der Waals surface area contributed by atoms with E-state index in [4.69, 9.17) is 0 Å². The molecular formula is C28H26. The zero-order chi connectivity index (χ0) is 19.7. The zero-order valence-corrected chi connectivity index (χ0v) is 16.9. The second kappa shape index (κ2) is 7.13. The summed E-state index contributed by atoms with van der Waals surface area (Å²) in [4.78, 5) is 0. The fourth-order valence-corrected chi connectivity index (χ4v) is 4.98. The molecular weight excluding hydrogens is 336 g/mol. The van der Waals surface area contributed by atoms with Crippen LogP contribution in [0.25, 0.3) is 11.1 Å². The first-order valence-electron chi connectivity index (χ1n) is 9.95. The molecule has 0 nitrogen and oxygen atoms in total. The van der Waals surface area contributed by atoms with E-state index >= 15 is 0 Å². The Hall–Kier alpha value is -3.12. The maximum absolute atomic E-state index is 4.18. The van der Waals surface area contributed by atoms with Gasteiger partial charge in [0.2, 0.25) is 0 Å². The molecule has 0 heteroatoms. The molecule has 0 radical (unpaired) electrons. The van der Waals surface area contributed by atoms with Crippen LogP contribution in [0.2, 0.25) is 0 Å². The lowest BCUT2D eigenvalue weighted by molar-refractivity contribution is 0.778. The van der Waals surface area contributed by atoms with Crippen molar-refractivity contribution in [2.75, 3.05) is 0 Å². The third-order valence-electron chi connectivity index (χ3n) is 5.83. The van der Waals surface area contributed by atoms with Crippen molar-refractivity contribution < 1.29 is 0 Å². The summed E-state index contributed by atoms with van der Waals surface area (Å²) in [5, 5.41) is 0. The van der Waals surface area contributed by atoms with Gasteiger partial charge in [-0.25, -0.2) is 0 Å². The molecule has 0 N–H and O–H groups in total. The third kappa shape index (κ3) is 2.24. The average Bonchev–Trinajstić information content (AvgIpc) is 3.16. The maximum Gasteiger partial charge on any atom is 0.0725 e. The summed E-state index contributed by atoms with van der Waals surface area (Å²) in [6.45, 7) is 10.5. The predicted molar refractivity (Wildman–Crippen MR) is 121 cm³/mol. The van der Waals surface area contributed by atoms with E-state index in [9.17, 15) is 0 Å². The summed E-state index contributed by atoms with van der Waals surface area (Å²) in [5.74, 6) is 0. The molecule has 4 rings (SSSR count). The topological polar surface area (TPSA) is 0 Å². The summed E-state index contributed by atoms with van der Waals surface area (Å²) in [5.41, 5.74) is 10.2. The normalized spacial score (nSPS) is 17.5. The Balaban J connectivity index is 2.26. The van der Waals surface area contributed by atoms with Crippen LogP contribution in [0.5, 0.6) is 0 Å². The smallest absolute Gasteiger partial charge is 0.0725 e. The van der Waals surface area contributed by atoms with Crippen molar-refractivity contribution in [3.05, 3.63) is 131 Å². The molecule has 0 saturated heterocycles. The monoisotopic (exact) mass is 362 g/mol. The van der Waals surface area contributed by atoms with E-state index < -0.39 is 0 Å². The van der Waals surface area contributed by atoms with Crippen LogP contribution >= 0.6 is 0 Å².